The van der Waals surface area contributed by atoms with E-state index in [1.807, 2.05) is 48.2 Å². The van der Waals surface area contributed by atoms with Crippen LogP contribution in [-0.2, 0) is 22.7 Å². The number of hydrogen-bond acceptors (Lipinski definition) is 10. The van der Waals surface area contributed by atoms with Gasteiger partial charge in [0.15, 0.2) is 0 Å². The third-order valence-electron chi connectivity index (χ3n) is 9.85. The molecule has 53 heavy (non-hydrogen) atoms. The number of nitrogens with one attached hydrogen (secondary N) is 4. The maximum Gasteiger partial charge on any atom is 0.274 e. The van der Waals surface area contributed by atoms with E-state index in [0.29, 0.717) is 65.3 Å². The lowest BCUT2D eigenvalue weighted by atomic mass is 10.0. The van der Waals surface area contributed by atoms with Crippen LogP contribution in [0.1, 0.15) is 59.8 Å². The van der Waals surface area contributed by atoms with Crippen LogP contribution in [0.15, 0.2) is 54.9 Å². The summed E-state index contributed by atoms with van der Waals surface area (Å²) in [5, 5.41) is 13.3. The van der Waals surface area contributed by atoms with Gasteiger partial charge in [-0.2, -0.15) is 0 Å². The molecule has 14 heteroatoms. The molecule has 3 amide bonds. The number of benzene rings is 1. The Kier molecular flexibility index (Phi) is 12.2. The number of likely N-dealkylation sites (tertiary alicyclic amines) is 1. The quantitative estimate of drug-likeness (QED) is 0.148. The highest BCUT2D eigenvalue weighted by Crippen LogP contribution is 2.38. The first-order valence-corrected chi connectivity index (χ1v) is 18.1. The molecule has 1 atom stereocenters. The number of amides is 3. The van der Waals surface area contributed by atoms with Gasteiger partial charge in [0.05, 0.1) is 36.8 Å². The number of methoxy groups -OCH3 is 2. The standard InChI is InChI=1S/C39H45ClN8O5/c1-23-29(37-36(40)30(12-15-42-37)32-10-8-25(39(47-32)53-4)19-41-21-28-9-11-35(50)45-28)6-5-7-31(23)46-38(51)33-18-26(34(52-3)22-44-33)20-43-27-13-16-48(17-14-27)24(2)49/h5-8,10,12,15,18,22,27-28,41,43H,9,11,13-14,16-17,19-21H2,1-4H3,(H,45,50)(H,46,51)/t28-/m1/s1. The van der Waals surface area contributed by atoms with Crippen molar-refractivity contribution in [1.29, 1.82) is 0 Å². The Bertz CT molecular complexity index is 1980. The fourth-order valence-corrected chi connectivity index (χ4v) is 7.08. The molecule has 3 aromatic heterocycles. The van der Waals surface area contributed by atoms with Gasteiger partial charge in [-0.05, 0) is 56.0 Å². The van der Waals surface area contributed by atoms with Gasteiger partial charge in [0.2, 0.25) is 17.7 Å². The van der Waals surface area contributed by atoms with E-state index < -0.39 is 0 Å². The van der Waals surface area contributed by atoms with Gasteiger partial charge in [-0.25, -0.2) is 9.97 Å². The first-order valence-electron chi connectivity index (χ1n) is 17.8. The maximum atomic E-state index is 13.6. The fraction of sp³-hybridized carbons (Fsp3) is 0.385. The largest absolute Gasteiger partial charge is 0.495 e. The van der Waals surface area contributed by atoms with Gasteiger partial charge in [-0.3, -0.25) is 19.4 Å². The number of piperidine rings is 1. The Morgan fingerprint density at radius 1 is 1.00 bits per heavy atom. The van der Waals surface area contributed by atoms with Crippen LogP contribution in [0.5, 0.6) is 11.6 Å². The lowest BCUT2D eigenvalue weighted by Gasteiger charge is -2.32. The Labute approximate surface area is 314 Å². The molecule has 0 bridgehead atoms. The van der Waals surface area contributed by atoms with E-state index in [4.69, 9.17) is 26.1 Å². The van der Waals surface area contributed by atoms with Gasteiger partial charge in [0.25, 0.3) is 5.91 Å². The average molecular weight is 741 g/mol. The molecule has 1 aromatic carbocycles. The van der Waals surface area contributed by atoms with E-state index in [1.54, 1.807) is 39.6 Å². The van der Waals surface area contributed by atoms with Gasteiger partial charge in [-0.1, -0.05) is 29.8 Å². The maximum absolute atomic E-state index is 13.6. The summed E-state index contributed by atoms with van der Waals surface area (Å²) >= 11 is 7.04. The number of ether oxygens (including phenoxy) is 2. The summed E-state index contributed by atoms with van der Waals surface area (Å²) in [4.78, 5) is 52.4. The molecular formula is C39H45ClN8O5. The monoisotopic (exact) mass is 740 g/mol. The topological polar surface area (TPSA) is 160 Å². The Morgan fingerprint density at radius 2 is 1.81 bits per heavy atom. The fourth-order valence-electron chi connectivity index (χ4n) is 6.77. The third kappa shape index (κ3) is 8.93. The second-order valence-electron chi connectivity index (χ2n) is 13.3. The highest BCUT2D eigenvalue weighted by molar-refractivity contribution is 6.35. The highest BCUT2D eigenvalue weighted by atomic mass is 35.5. The summed E-state index contributed by atoms with van der Waals surface area (Å²) in [6.07, 6.45) is 6.34. The molecule has 6 rings (SSSR count). The van der Waals surface area contributed by atoms with Crippen molar-refractivity contribution in [2.75, 3.05) is 39.2 Å². The molecule has 2 aliphatic rings. The Balaban J connectivity index is 1.15. The van der Waals surface area contributed by atoms with Crippen molar-refractivity contribution in [3.05, 3.63) is 82.3 Å². The van der Waals surface area contributed by atoms with Crippen LogP contribution in [0.3, 0.4) is 0 Å². The lowest BCUT2D eigenvalue weighted by molar-refractivity contribution is -0.130. The van der Waals surface area contributed by atoms with E-state index in [-0.39, 0.29) is 35.5 Å². The minimum atomic E-state index is -0.365. The molecular weight excluding hydrogens is 696 g/mol. The van der Waals surface area contributed by atoms with Crippen molar-refractivity contribution in [1.82, 2.24) is 35.8 Å². The first-order chi connectivity index (χ1) is 25.6. The van der Waals surface area contributed by atoms with E-state index in [1.165, 1.54) is 0 Å². The molecule has 0 saturated carbocycles. The smallest absolute Gasteiger partial charge is 0.274 e. The molecule has 278 valence electrons. The molecule has 5 heterocycles. The van der Waals surface area contributed by atoms with Gasteiger partial charge < -0.3 is 35.6 Å². The summed E-state index contributed by atoms with van der Waals surface area (Å²) < 4.78 is 11.2. The highest BCUT2D eigenvalue weighted by Gasteiger charge is 2.23. The van der Waals surface area contributed by atoms with Crippen molar-refractivity contribution < 1.29 is 23.9 Å². The number of nitrogens with zero attached hydrogens (tertiary/aromatic N) is 4. The first kappa shape index (κ1) is 37.6. The van der Waals surface area contributed by atoms with Gasteiger partial charge in [0, 0.05) is 92.3 Å². The van der Waals surface area contributed by atoms with Crippen LogP contribution in [0.4, 0.5) is 5.69 Å². The van der Waals surface area contributed by atoms with Crippen LogP contribution >= 0.6 is 11.6 Å². The minimum absolute atomic E-state index is 0.0879. The van der Waals surface area contributed by atoms with E-state index in [9.17, 15) is 14.4 Å². The summed E-state index contributed by atoms with van der Waals surface area (Å²) in [6.45, 7) is 6.63. The van der Waals surface area contributed by atoms with Crippen molar-refractivity contribution in [3.63, 3.8) is 0 Å². The van der Waals surface area contributed by atoms with Crippen molar-refractivity contribution in [2.45, 2.75) is 64.7 Å². The van der Waals surface area contributed by atoms with Crippen molar-refractivity contribution in [2.24, 2.45) is 0 Å². The minimum Gasteiger partial charge on any atom is -0.495 e. The summed E-state index contributed by atoms with van der Waals surface area (Å²) in [7, 11) is 3.16. The Hall–Kier alpha value is -5.11. The van der Waals surface area contributed by atoms with Crippen LogP contribution in [-0.4, -0.2) is 83.5 Å². The van der Waals surface area contributed by atoms with Crippen molar-refractivity contribution in [3.8, 4) is 34.1 Å². The second-order valence-corrected chi connectivity index (χ2v) is 13.7. The number of carbonyl (C=O) groups is 3. The number of rotatable bonds is 13. The zero-order chi connectivity index (χ0) is 37.5. The lowest BCUT2D eigenvalue weighted by Crippen LogP contribution is -2.44. The molecule has 4 aromatic rings. The average Bonchev–Trinajstić information content (AvgIpc) is 3.59. The van der Waals surface area contributed by atoms with E-state index in [0.717, 1.165) is 54.6 Å². The molecule has 4 N–H and O–H groups in total. The summed E-state index contributed by atoms with van der Waals surface area (Å²) in [5.74, 6) is 0.882. The number of pyridine rings is 3. The summed E-state index contributed by atoms with van der Waals surface area (Å²) in [6, 6.07) is 13.4. The SMILES string of the molecule is COc1cnc(C(=O)Nc2cccc(-c3nccc(-c4ccc(CNC[C@H]5CCC(=O)N5)c(OC)n4)c3Cl)c2C)cc1CNC1CCN(C(C)=O)CC1. The van der Waals surface area contributed by atoms with E-state index in [2.05, 4.69) is 31.2 Å². The van der Waals surface area contributed by atoms with Crippen LogP contribution in [0.25, 0.3) is 22.5 Å². The van der Waals surface area contributed by atoms with Crippen LogP contribution in [0, 0.1) is 6.92 Å². The Morgan fingerprint density at radius 3 is 2.53 bits per heavy atom. The van der Waals surface area contributed by atoms with E-state index >= 15 is 0 Å². The zero-order valence-electron chi connectivity index (χ0n) is 30.4. The third-order valence-corrected chi connectivity index (χ3v) is 10.2. The number of halogens is 1. The number of anilines is 1. The predicted molar refractivity (Wildman–Crippen MR) is 203 cm³/mol. The predicted octanol–water partition coefficient (Wildman–Crippen LogP) is 4.91. The number of hydrogen-bond donors (Lipinski definition) is 4. The number of aromatic nitrogens is 3. The van der Waals surface area contributed by atoms with Crippen LogP contribution in [0.2, 0.25) is 5.02 Å². The molecule has 2 fully saturated rings. The van der Waals surface area contributed by atoms with Crippen molar-refractivity contribution >= 4 is 35.0 Å². The molecule has 0 unspecified atom stereocenters. The molecule has 13 nitrogen and oxygen atoms in total. The summed E-state index contributed by atoms with van der Waals surface area (Å²) in [5.41, 5.74) is 5.94. The molecule has 0 radical (unpaired) electrons. The van der Waals surface area contributed by atoms with Gasteiger partial charge >= 0.3 is 0 Å². The molecule has 2 aliphatic heterocycles. The molecule has 2 saturated heterocycles. The normalized spacial score (nSPS) is 16.0. The second kappa shape index (κ2) is 17.1. The molecule has 0 spiro atoms. The zero-order valence-corrected chi connectivity index (χ0v) is 31.2. The van der Waals surface area contributed by atoms with Gasteiger partial charge in [-0.15, -0.1) is 0 Å². The molecule has 0 aliphatic carbocycles. The van der Waals surface area contributed by atoms with Gasteiger partial charge in [0.1, 0.15) is 11.4 Å². The van der Waals surface area contributed by atoms with Crippen LogP contribution < -0.4 is 30.7 Å². The number of carbonyl (C=O) groups excluding carboxylic acids is 3.